The number of carbonyl (C=O) groups excluding carboxylic acids is 1. The van der Waals surface area contributed by atoms with Gasteiger partial charge in [-0.2, -0.15) is 0 Å². The van der Waals surface area contributed by atoms with Gasteiger partial charge in [-0.15, -0.1) is 24.0 Å². The predicted octanol–water partition coefficient (Wildman–Crippen LogP) is 1.68. The summed E-state index contributed by atoms with van der Waals surface area (Å²) in [4.78, 5) is 21.4. The van der Waals surface area contributed by atoms with E-state index in [1.165, 1.54) is 5.56 Å². The Balaban J connectivity index is 0.00000256. The Morgan fingerprint density at radius 1 is 1.20 bits per heavy atom. The third-order valence-electron chi connectivity index (χ3n) is 5.90. The molecule has 1 amide bonds. The normalized spacial score (nSPS) is 24.2. The van der Waals surface area contributed by atoms with Crippen molar-refractivity contribution < 1.29 is 9.53 Å². The first kappa shape index (κ1) is 23.3. The molecule has 2 unspecified atom stereocenters. The van der Waals surface area contributed by atoms with Gasteiger partial charge in [-0.05, 0) is 25.3 Å². The van der Waals surface area contributed by atoms with Gasteiger partial charge in [-0.25, -0.2) is 0 Å². The van der Waals surface area contributed by atoms with E-state index in [0.717, 1.165) is 58.1 Å². The largest absolute Gasteiger partial charge is 0.373 e. The first-order chi connectivity index (χ1) is 14.2. The van der Waals surface area contributed by atoms with Crippen molar-refractivity contribution in [1.29, 1.82) is 0 Å². The van der Waals surface area contributed by atoms with Gasteiger partial charge in [-0.3, -0.25) is 14.7 Å². The van der Waals surface area contributed by atoms with E-state index in [1.807, 2.05) is 0 Å². The van der Waals surface area contributed by atoms with E-state index in [9.17, 15) is 4.79 Å². The number of nitrogens with zero attached hydrogens (tertiary/aromatic N) is 3. The molecule has 0 bridgehead atoms. The van der Waals surface area contributed by atoms with Crippen LogP contribution in [-0.2, 0) is 16.1 Å². The Morgan fingerprint density at radius 2 is 2.00 bits per heavy atom. The van der Waals surface area contributed by atoms with Crippen molar-refractivity contribution in [2.75, 3.05) is 45.9 Å². The Bertz CT molecular complexity index is 713. The molecule has 3 aliphatic rings. The number of fused-ring (bicyclic) bond motifs is 1. The second-order valence-corrected chi connectivity index (χ2v) is 8.14. The van der Waals surface area contributed by atoms with Gasteiger partial charge in [0.25, 0.3) is 0 Å². The molecule has 8 heteroatoms. The standard InChI is InChI=1S/C22H33N5O2.HI/c1-2-23-22(25-11-10-24-21(28)18-8-9-18)27-15-19-20(16-27)29-13-12-26(19)14-17-6-4-3-5-7-17;/h3-7,18-20H,2,8-16H2,1H3,(H,23,25)(H,24,28);1H. The zero-order chi connectivity index (χ0) is 20.1. The van der Waals surface area contributed by atoms with Crippen molar-refractivity contribution in [3.05, 3.63) is 35.9 Å². The summed E-state index contributed by atoms with van der Waals surface area (Å²) < 4.78 is 6.10. The van der Waals surface area contributed by atoms with E-state index in [4.69, 9.17) is 9.73 Å². The first-order valence-electron chi connectivity index (χ1n) is 10.9. The fourth-order valence-corrected chi connectivity index (χ4v) is 4.20. The molecular weight excluding hydrogens is 493 g/mol. The molecule has 1 aliphatic carbocycles. The number of nitrogens with one attached hydrogen (secondary N) is 2. The molecule has 0 aromatic heterocycles. The molecule has 1 saturated carbocycles. The van der Waals surface area contributed by atoms with Crippen molar-refractivity contribution in [3.8, 4) is 0 Å². The summed E-state index contributed by atoms with van der Waals surface area (Å²) in [6.45, 7) is 8.59. The monoisotopic (exact) mass is 527 g/mol. The van der Waals surface area contributed by atoms with Crippen molar-refractivity contribution in [1.82, 2.24) is 20.4 Å². The summed E-state index contributed by atoms with van der Waals surface area (Å²) in [5.74, 6) is 1.36. The number of halogens is 1. The van der Waals surface area contributed by atoms with Crippen molar-refractivity contribution in [2.24, 2.45) is 10.9 Å². The number of benzene rings is 1. The van der Waals surface area contributed by atoms with E-state index in [0.29, 0.717) is 19.1 Å². The highest BCUT2D eigenvalue weighted by molar-refractivity contribution is 14.0. The molecule has 1 aromatic rings. The minimum Gasteiger partial charge on any atom is -0.373 e. The molecule has 30 heavy (non-hydrogen) atoms. The molecule has 2 atom stereocenters. The number of guanidine groups is 1. The summed E-state index contributed by atoms with van der Waals surface area (Å²) in [7, 11) is 0. The van der Waals surface area contributed by atoms with Crippen LogP contribution in [0.4, 0.5) is 0 Å². The molecule has 2 aliphatic heterocycles. The minimum absolute atomic E-state index is 0. The van der Waals surface area contributed by atoms with Crippen molar-refractivity contribution in [2.45, 2.75) is 38.5 Å². The highest BCUT2D eigenvalue weighted by Gasteiger charge is 2.41. The fourth-order valence-electron chi connectivity index (χ4n) is 4.20. The summed E-state index contributed by atoms with van der Waals surface area (Å²) in [5.41, 5.74) is 1.35. The lowest BCUT2D eigenvalue weighted by atomic mass is 10.1. The molecular formula is C22H34IN5O2. The van der Waals surface area contributed by atoms with Crippen LogP contribution in [0.1, 0.15) is 25.3 Å². The van der Waals surface area contributed by atoms with Crippen LogP contribution in [0.5, 0.6) is 0 Å². The number of rotatable bonds is 7. The summed E-state index contributed by atoms with van der Waals surface area (Å²) in [6.07, 6.45) is 2.28. The SMILES string of the molecule is CCNC(=NCCNC(=O)C1CC1)N1CC2OCCN(Cc3ccccc3)C2C1.I. The quantitative estimate of drug-likeness (QED) is 0.245. The van der Waals surface area contributed by atoms with Crippen LogP contribution in [0, 0.1) is 5.92 Å². The molecule has 2 heterocycles. The average Bonchev–Trinajstić information content (AvgIpc) is 3.50. The zero-order valence-electron chi connectivity index (χ0n) is 17.8. The highest BCUT2D eigenvalue weighted by atomic mass is 127. The van der Waals surface area contributed by atoms with Crippen molar-refractivity contribution >= 4 is 35.8 Å². The number of likely N-dealkylation sites (tertiary alicyclic amines) is 1. The topological polar surface area (TPSA) is 69.2 Å². The third-order valence-corrected chi connectivity index (χ3v) is 5.90. The van der Waals surface area contributed by atoms with E-state index in [-0.39, 0.29) is 41.9 Å². The maximum atomic E-state index is 11.8. The van der Waals surface area contributed by atoms with Crippen LogP contribution < -0.4 is 10.6 Å². The molecule has 1 aromatic carbocycles. The number of hydrogen-bond donors (Lipinski definition) is 2. The Morgan fingerprint density at radius 3 is 2.73 bits per heavy atom. The van der Waals surface area contributed by atoms with E-state index < -0.39 is 0 Å². The lowest BCUT2D eigenvalue weighted by Gasteiger charge is -2.36. The Hall–Kier alpha value is -1.39. The van der Waals surface area contributed by atoms with Crippen molar-refractivity contribution in [3.63, 3.8) is 0 Å². The van der Waals surface area contributed by atoms with Gasteiger partial charge < -0.3 is 20.3 Å². The number of hydrogen-bond acceptors (Lipinski definition) is 4. The van der Waals surface area contributed by atoms with Gasteiger partial charge in [0.2, 0.25) is 5.91 Å². The van der Waals surface area contributed by atoms with Gasteiger partial charge in [0.1, 0.15) is 0 Å². The third kappa shape index (κ3) is 6.07. The van der Waals surface area contributed by atoms with Crippen LogP contribution >= 0.6 is 24.0 Å². The first-order valence-corrected chi connectivity index (χ1v) is 10.9. The summed E-state index contributed by atoms with van der Waals surface area (Å²) in [5, 5.41) is 6.40. The summed E-state index contributed by atoms with van der Waals surface area (Å²) >= 11 is 0. The highest BCUT2D eigenvalue weighted by Crippen LogP contribution is 2.28. The Kier molecular flexibility index (Phi) is 8.76. The predicted molar refractivity (Wildman–Crippen MR) is 129 cm³/mol. The smallest absolute Gasteiger partial charge is 0.223 e. The van der Waals surface area contributed by atoms with E-state index in [2.05, 4.69) is 57.7 Å². The molecule has 4 rings (SSSR count). The lowest BCUT2D eigenvalue weighted by molar-refractivity contribution is -0.122. The van der Waals surface area contributed by atoms with Crippen LogP contribution in [0.2, 0.25) is 0 Å². The second kappa shape index (κ2) is 11.3. The van der Waals surface area contributed by atoms with Crippen LogP contribution in [0.15, 0.2) is 35.3 Å². The fraction of sp³-hybridized carbons (Fsp3) is 0.636. The average molecular weight is 527 g/mol. The second-order valence-electron chi connectivity index (χ2n) is 8.14. The van der Waals surface area contributed by atoms with Crippen LogP contribution in [0.25, 0.3) is 0 Å². The van der Waals surface area contributed by atoms with Crippen LogP contribution in [-0.4, -0.2) is 79.7 Å². The maximum absolute atomic E-state index is 11.8. The number of ether oxygens (including phenoxy) is 1. The molecule has 2 N–H and O–H groups in total. The molecule has 3 fully saturated rings. The number of carbonyl (C=O) groups is 1. The minimum atomic E-state index is 0. The lowest BCUT2D eigenvalue weighted by Crippen LogP contribution is -2.50. The van der Waals surface area contributed by atoms with Gasteiger partial charge in [0.15, 0.2) is 5.96 Å². The number of amides is 1. The van der Waals surface area contributed by atoms with Gasteiger partial charge in [0, 0.05) is 45.2 Å². The van der Waals surface area contributed by atoms with E-state index in [1.54, 1.807) is 0 Å². The van der Waals surface area contributed by atoms with Gasteiger partial charge in [-0.1, -0.05) is 30.3 Å². The van der Waals surface area contributed by atoms with E-state index >= 15 is 0 Å². The van der Waals surface area contributed by atoms with Gasteiger partial charge in [0.05, 0.1) is 25.3 Å². The molecule has 166 valence electrons. The Labute approximate surface area is 196 Å². The summed E-state index contributed by atoms with van der Waals surface area (Å²) in [6, 6.07) is 11.0. The molecule has 0 radical (unpaired) electrons. The molecule has 0 spiro atoms. The maximum Gasteiger partial charge on any atom is 0.223 e. The molecule has 2 saturated heterocycles. The van der Waals surface area contributed by atoms with Crippen LogP contribution in [0.3, 0.4) is 0 Å². The zero-order valence-corrected chi connectivity index (χ0v) is 20.1. The number of aliphatic imine (C=N–C) groups is 1. The number of morpholine rings is 1. The molecule has 7 nitrogen and oxygen atoms in total. The van der Waals surface area contributed by atoms with Gasteiger partial charge >= 0.3 is 0 Å².